The van der Waals surface area contributed by atoms with E-state index < -0.39 is 0 Å². The number of carbonyl (C=O) groups is 1. The predicted molar refractivity (Wildman–Crippen MR) is 130 cm³/mol. The van der Waals surface area contributed by atoms with Gasteiger partial charge >= 0.3 is 0 Å². The van der Waals surface area contributed by atoms with Crippen molar-refractivity contribution in [2.45, 2.75) is 64.8 Å². The van der Waals surface area contributed by atoms with E-state index in [0.29, 0.717) is 11.4 Å². The van der Waals surface area contributed by atoms with Gasteiger partial charge in [-0.15, -0.1) is 11.3 Å². The van der Waals surface area contributed by atoms with E-state index in [4.69, 9.17) is 4.74 Å². The Morgan fingerprint density at radius 1 is 1.06 bits per heavy atom. The van der Waals surface area contributed by atoms with Gasteiger partial charge in [-0.05, 0) is 66.0 Å². The highest BCUT2D eigenvalue weighted by atomic mass is 32.1. The summed E-state index contributed by atoms with van der Waals surface area (Å²) >= 11 is 1.48. The first-order valence-electron chi connectivity index (χ1n) is 11.0. The number of hydrogen-bond donors (Lipinski definition) is 1. The number of nitrogens with one attached hydrogen (secondary N) is 1. The maximum Gasteiger partial charge on any atom is 0.261 e. The number of hydrogen-bond acceptors (Lipinski definition) is 5. The Hall–Kier alpha value is -2.73. The van der Waals surface area contributed by atoms with E-state index in [2.05, 4.69) is 55.1 Å². The molecule has 0 atom stereocenters. The number of nitrogens with zero attached hydrogens (tertiary/aromatic N) is 2. The van der Waals surface area contributed by atoms with Crippen molar-refractivity contribution in [3.05, 3.63) is 64.1 Å². The Labute approximate surface area is 194 Å². The fraction of sp³-hybridized carbons (Fsp3) is 0.423. The lowest BCUT2D eigenvalue weighted by molar-refractivity contribution is 0.0954. The van der Waals surface area contributed by atoms with Crippen LogP contribution in [0.5, 0.6) is 5.75 Å². The van der Waals surface area contributed by atoms with Crippen LogP contribution in [-0.4, -0.2) is 23.0 Å². The fourth-order valence-corrected chi connectivity index (χ4v) is 5.27. The summed E-state index contributed by atoms with van der Waals surface area (Å²) in [6.07, 6.45) is 5.70. The van der Waals surface area contributed by atoms with Crippen LogP contribution in [0, 0.1) is 6.92 Å². The fourth-order valence-electron chi connectivity index (χ4n) is 4.33. The number of aryl methyl sites for hydroxylation is 1. The minimum absolute atomic E-state index is 0.109. The third-order valence-corrected chi connectivity index (χ3v) is 7.65. The van der Waals surface area contributed by atoms with Gasteiger partial charge in [0.15, 0.2) is 0 Å². The number of methoxy groups -OCH3 is 1. The highest BCUT2D eigenvalue weighted by Gasteiger charge is 2.38. The van der Waals surface area contributed by atoms with Gasteiger partial charge in [-0.1, -0.05) is 27.7 Å². The molecule has 0 aliphatic heterocycles. The number of amides is 1. The molecule has 4 rings (SSSR count). The van der Waals surface area contributed by atoms with Crippen LogP contribution in [0.2, 0.25) is 0 Å². The van der Waals surface area contributed by atoms with Crippen LogP contribution in [0.15, 0.2) is 36.7 Å². The maximum atomic E-state index is 12.7. The molecule has 0 saturated carbocycles. The number of rotatable bonds is 5. The summed E-state index contributed by atoms with van der Waals surface area (Å²) in [5.41, 5.74) is 5.61. The smallest absolute Gasteiger partial charge is 0.261 e. The third kappa shape index (κ3) is 4.29. The van der Waals surface area contributed by atoms with Gasteiger partial charge < -0.3 is 10.1 Å². The van der Waals surface area contributed by atoms with Crippen LogP contribution >= 0.6 is 11.3 Å². The van der Waals surface area contributed by atoms with Crippen molar-refractivity contribution in [3.63, 3.8) is 0 Å². The Kier molecular flexibility index (Phi) is 5.84. The number of ether oxygens (including phenoxy) is 1. The Morgan fingerprint density at radius 2 is 1.75 bits per heavy atom. The second-order valence-electron chi connectivity index (χ2n) is 9.86. The predicted octanol–water partition coefficient (Wildman–Crippen LogP) is 5.80. The molecule has 0 spiro atoms. The van der Waals surface area contributed by atoms with Crippen molar-refractivity contribution >= 4 is 17.2 Å². The molecule has 2 heterocycles. The molecule has 0 saturated heterocycles. The zero-order valence-electron chi connectivity index (χ0n) is 19.7. The van der Waals surface area contributed by atoms with E-state index in [-0.39, 0.29) is 16.7 Å². The molecule has 5 nitrogen and oxygen atoms in total. The first-order chi connectivity index (χ1) is 15.1. The minimum Gasteiger partial charge on any atom is -0.496 e. The molecule has 168 valence electrons. The minimum atomic E-state index is -0.109. The first kappa shape index (κ1) is 22.5. The highest BCUT2D eigenvalue weighted by molar-refractivity contribution is 7.17. The van der Waals surface area contributed by atoms with Crippen molar-refractivity contribution in [1.29, 1.82) is 0 Å². The maximum absolute atomic E-state index is 12.7. The molecule has 32 heavy (non-hydrogen) atoms. The Morgan fingerprint density at radius 3 is 2.38 bits per heavy atom. The Bertz CT molecular complexity index is 1150. The molecule has 0 radical (unpaired) electrons. The quantitative estimate of drug-likeness (QED) is 0.535. The lowest BCUT2D eigenvalue weighted by atomic mass is 9.63. The van der Waals surface area contributed by atoms with Crippen molar-refractivity contribution < 1.29 is 9.53 Å². The van der Waals surface area contributed by atoms with Gasteiger partial charge in [-0.25, -0.2) is 0 Å². The van der Waals surface area contributed by atoms with Gasteiger partial charge in [-0.3, -0.25) is 14.8 Å². The van der Waals surface area contributed by atoms with Crippen LogP contribution in [0.25, 0.3) is 10.4 Å². The van der Waals surface area contributed by atoms with E-state index in [9.17, 15) is 4.79 Å². The first-order valence-corrected chi connectivity index (χ1v) is 11.8. The molecule has 1 N–H and O–H groups in total. The second kappa shape index (κ2) is 8.32. The van der Waals surface area contributed by atoms with Gasteiger partial charge in [-0.2, -0.15) is 0 Å². The van der Waals surface area contributed by atoms with Crippen LogP contribution in [0.1, 0.15) is 72.7 Å². The summed E-state index contributed by atoms with van der Waals surface area (Å²) in [6.45, 7) is 11.5. The molecule has 0 unspecified atom stereocenters. The third-order valence-electron chi connectivity index (χ3n) is 6.53. The van der Waals surface area contributed by atoms with Gasteiger partial charge in [0.2, 0.25) is 0 Å². The summed E-state index contributed by atoms with van der Waals surface area (Å²) in [6, 6.07) is 8.38. The summed E-state index contributed by atoms with van der Waals surface area (Å²) < 4.78 is 5.80. The Balaban J connectivity index is 1.62. The van der Waals surface area contributed by atoms with Crippen LogP contribution in [0.4, 0.5) is 0 Å². The van der Waals surface area contributed by atoms with Gasteiger partial charge in [0.05, 0.1) is 36.1 Å². The van der Waals surface area contributed by atoms with Crippen molar-refractivity contribution in [2.75, 3.05) is 7.11 Å². The van der Waals surface area contributed by atoms with Crippen molar-refractivity contribution in [3.8, 4) is 16.2 Å². The number of fused-ring (bicyclic) bond motifs is 1. The molecular weight excluding hydrogens is 418 g/mol. The SMILES string of the molecule is COc1cc2c(cc1-c1ccc(C(=O)NCc3cnc(C)cn3)s1)C(C)(C)CCC2(C)C. The number of benzene rings is 1. The van der Waals surface area contributed by atoms with E-state index in [0.717, 1.165) is 40.4 Å². The average Bonchev–Trinajstić information content (AvgIpc) is 3.26. The van der Waals surface area contributed by atoms with E-state index in [1.54, 1.807) is 19.5 Å². The molecule has 0 fully saturated rings. The molecule has 1 aliphatic rings. The van der Waals surface area contributed by atoms with E-state index in [1.165, 1.54) is 22.5 Å². The molecule has 6 heteroatoms. The van der Waals surface area contributed by atoms with Gasteiger partial charge in [0, 0.05) is 16.6 Å². The normalized spacial score (nSPS) is 16.3. The summed E-state index contributed by atoms with van der Waals surface area (Å²) in [5.74, 6) is 0.750. The zero-order valence-corrected chi connectivity index (χ0v) is 20.5. The summed E-state index contributed by atoms with van der Waals surface area (Å²) in [5, 5.41) is 2.94. The molecule has 0 bridgehead atoms. The topological polar surface area (TPSA) is 64.1 Å². The molecule has 1 amide bonds. The largest absolute Gasteiger partial charge is 0.496 e. The molecular formula is C26H31N3O2S. The molecule has 2 aromatic heterocycles. The lowest BCUT2D eigenvalue weighted by Crippen LogP contribution is -2.33. The summed E-state index contributed by atoms with van der Waals surface area (Å²) in [7, 11) is 1.72. The number of carbonyl (C=O) groups excluding carboxylic acids is 1. The van der Waals surface area contributed by atoms with Crippen LogP contribution in [0.3, 0.4) is 0 Å². The second-order valence-corrected chi connectivity index (χ2v) is 10.9. The van der Waals surface area contributed by atoms with E-state index in [1.807, 2.05) is 19.1 Å². The van der Waals surface area contributed by atoms with E-state index >= 15 is 0 Å². The standard InChI is InChI=1S/C26H31N3O2S/c1-16-13-28-17(14-27-16)15-29-24(30)23-8-7-22(32-23)18-11-19-20(12-21(18)31-6)26(4,5)10-9-25(19,2)3/h7-8,11-14H,9-10,15H2,1-6H3,(H,29,30). The molecule has 1 aliphatic carbocycles. The monoisotopic (exact) mass is 449 g/mol. The van der Waals surface area contributed by atoms with Gasteiger partial charge in [0.1, 0.15) is 5.75 Å². The lowest BCUT2D eigenvalue weighted by Gasteiger charge is -2.42. The molecule has 1 aromatic carbocycles. The van der Waals surface area contributed by atoms with Crippen molar-refractivity contribution in [1.82, 2.24) is 15.3 Å². The highest BCUT2D eigenvalue weighted by Crippen LogP contribution is 2.49. The van der Waals surface area contributed by atoms with Crippen molar-refractivity contribution in [2.24, 2.45) is 0 Å². The van der Waals surface area contributed by atoms with Gasteiger partial charge in [0.25, 0.3) is 5.91 Å². The van der Waals surface area contributed by atoms with Crippen LogP contribution in [-0.2, 0) is 17.4 Å². The number of aromatic nitrogens is 2. The van der Waals surface area contributed by atoms with Crippen LogP contribution < -0.4 is 10.1 Å². The summed E-state index contributed by atoms with van der Waals surface area (Å²) in [4.78, 5) is 22.9. The molecule has 3 aromatic rings. The zero-order chi connectivity index (χ0) is 23.1. The average molecular weight is 450 g/mol. The number of thiophene rings is 1.